The van der Waals surface area contributed by atoms with E-state index in [0.29, 0.717) is 11.1 Å². The fourth-order valence-corrected chi connectivity index (χ4v) is 4.64. The number of amides is 1. The number of carboxylic acids is 1. The third kappa shape index (κ3) is 8.22. The van der Waals surface area contributed by atoms with E-state index in [4.69, 9.17) is 0 Å². The number of nitrogens with one attached hydrogen (secondary N) is 1. The van der Waals surface area contributed by atoms with Gasteiger partial charge in [-0.3, -0.25) is 14.4 Å². The first-order valence-corrected chi connectivity index (χ1v) is 11.7. The van der Waals surface area contributed by atoms with E-state index in [0.717, 1.165) is 23.5 Å². The van der Waals surface area contributed by atoms with Gasteiger partial charge in [0.15, 0.2) is 0 Å². The monoisotopic (exact) mass is 459 g/mol. The molecule has 2 atom stereocenters. The number of hydrogen-bond acceptors (Lipinski definition) is 6. The van der Waals surface area contributed by atoms with Crippen molar-refractivity contribution in [3.05, 3.63) is 71.8 Å². The van der Waals surface area contributed by atoms with Gasteiger partial charge < -0.3 is 10.4 Å². The molecule has 31 heavy (non-hydrogen) atoms. The number of aliphatic carboxylic acids is 1. The highest BCUT2D eigenvalue weighted by molar-refractivity contribution is 8.18. The molecule has 0 radical (unpaired) electrons. The minimum Gasteiger partial charge on any atom is -0.480 e. The van der Waals surface area contributed by atoms with Crippen molar-refractivity contribution in [2.45, 2.75) is 31.6 Å². The van der Waals surface area contributed by atoms with Crippen molar-refractivity contribution >= 4 is 45.6 Å². The summed E-state index contributed by atoms with van der Waals surface area (Å²) in [7, 11) is 0. The number of thioether (sulfide) groups is 2. The number of hydrogen-bond donors (Lipinski definition) is 2. The Morgan fingerprint density at radius 2 is 1.39 bits per heavy atom. The Bertz CT molecular complexity index is 903. The van der Waals surface area contributed by atoms with Crippen LogP contribution in [0.2, 0.25) is 0 Å². The lowest BCUT2D eigenvalue weighted by atomic mass is 10.0. The van der Waals surface area contributed by atoms with Crippen molar-refractivity contribution in [1.82, 2.24) is 5.32 Å². The van der Waals surface area contributed by atoms with E-state index in [-0.39, 0.29) is 28.3 Å². The second-order valence-corrected chi connectivity index (χ2v) is 9.42. The van der Waals surface area contributed by atoms with Crippen LogP contribution in [0.3, 0.4) is 0 Å². The first kappa shape index (κ1) is 24.7. The quantitative estimate of drug-likeness (QED) is 0.551. The predicted molar refractivity (Wildman–Crippen MR) is 124 cm³/mol. The van der Waals surface area contributed by atoms with E-state index in [1.165, 1.54) is 0 Å². The summed E-state index contributed by atoms with van der Waals surface area (Å²) in [5, 5.41) is 10.5. The van der Waals surface area contributed by atoms with Gasteiger partial charge in [0.05, 0.1) is 0 Å². The molecule has 0 bridgehead atoms. The van der Waals surface area contributed by atoms with Crippen LogP contribution < -0.4 is 5.32 Å². The number of carbonyl (C=O) groups excluding carboxylic acids is 3. The molecule has 2 aromatic carbocycles. The second-order valence-electron chi connectivity index (χ2n) is 7.25. The molecule has 0 spiro atoms. The Hall–Kier alpha value is -2.58. The van der Waals surface area contributed by atoms with Gasteiger partial charge in [-0.25, -0.2) is 4.79 Å². The Labute approximate surface area is 190 Å². The Morgan fingerprint density at radius 1 is 0.871 bits per heavy atom. The highest BCUT2D eigenvalue weighted by atomic mass is 32.2. The van der Waals surface area contributed by atoms with E-state index in [9.17, 15) is 24.3 Å². The number of benzene rings is 2. The Kier molecular flexibility index (Phi) is 9.81. The molecule has 2 aromatic rings. The molecule has 2 N–H and O–H groups in total. The molecule has 0 aliphatic rings. The molecule has 2 unspecified atom stereocenters. The molecule has 0 saturated heterocycles. The predicted octanol–water partition coefficient (Wildman–Crippen LogP) is 4.12. The second kappa shape index (κ2) is 12.3. The standard InChI is InChI=1S/C23H25NO5S2/c1-15(2)13-18(21(26)27)24-20(25)19(31-23(29)17-11-7-4-8-12-17)14-30-22(28)16-9-5-3-6-10-16/h3-12,15,18-19H,13-14H2,1-2H3,(H,24,25)(H,26,27). The first-order valence-electron chi connectivity index (χ1n) is 9.79. The molecule has 8 heteroatoms. The van der Waals surface area contributed by atoms with Crippen LogP contribution >= 0.6 is 23.5 Å². The summed E-state index contributed by atoms with van der Waals surface area (Å²) in [6.45, 7) is 3.73. The van der Waals surface area contributed by atoms with Crippen LogP contribution in [-0.4, -0.2) is 44.3 Å². The fourth-order valence-electron chi connectivity index (χ4n) is 2.70. The molecular formula is C23H25NO5S2. The zero-order valence-corrected chi connectivity index (χ0v) is 18.9. The molecule has 0 fully saturated rings. The number of carbonyl (C=O) groups is 4. The van der Waals surface area contributed by atoms with Crippen LogP contribution in [0.1, 0.15) is 41.0 Å². The number of carboxylic acid groups (broad SMARTS) is 1. The average Bonchev–Trinajstić information content (AvgIpc) is 2.76. The molecule has 2 rings (SSSR count). The van der Waals surface area contributed by atoms with Gasteiger partial charge in [-0.1, -0.05) is 98.0 Å². The Balaban J connectivity index is 2.13. The van der Waals surface area contributed by atoms with Crippen molar-refractivity contribution in [2.24, 2.45) is 5.92 Å². The van der Waals surface area contributed by atoms with Crippen molar-refractivity contribution in [3.63, 3.8) is 0 Å². The molecule has 6 nitrogen and oxygen atoms in total. The summed E-state index contributed by atoms with van der Waals surface area (Å²) in [5.74, 6) is -1.60. The molecule has 0 heterocycles. The zero-order valence-electron chi connectivity index (χ0n) is 17.3. The number of rotatable bonds is 10. The van der Waals surface area contributed by atoms with E-state index in [1.807, 2.05) is 13.8 Å². The average molecular weight is 460 g/mol. The maximum atomic E-state index is 12.9. The lowest BCUT2D eigenvalue weighted by Gasteiger charge is -2.20. The van der Waals surface area contributed by atoms with Crippen molar-refractivity contribution in [1.29, 1.82) is 0 Å². The van der Waals surface area contributed by atoms with Gasteiger partial charge in [0.1, 0.15) is 11.3 Å². The van der Waals surface area contributed by atoms with Gasteiger partial charge >= 0.3 is 5.97 Å². The van der Waals surface area contributed by atoms with Gasteiger partial charge in [0.2, 0.25) is 16.1 Å². The van der Waals surface area contributed by atoms with Gasteiger partial charge in [-0.2, -0.15) is 0 Å². The van der Waals surface area contributed by atoms with Crippen LogP contribution in [-0.2, 0) is 9.59 Å². The largest absolute Gasteiger partial charge is 0.480 e. The third-order valence-corrected chi connectivity index (χ3v) is 6.57. The lowest BCUT2D eigenvalue weighted by Crippen LogP contribution is -2.46. The van der Waals surface area contributed by atoms with Gasteiger partial charge in [0.25, 0.3) is 0 Å². The summed E-state index contributed by atoms with van der Waals surface area (Å²) in [6, 6.07) is 16.1. The summed E-state index contributed by atoms with van der Waals surface area (Å²) in [5.41, 5.74) is 0.927. The summed E-state index contributed by atoms with van der Waals surface area (Å²) >= 11 is 1.73. The molecule has 1 amide bonds. The van der Waals surface area contributed by atoms with E-state index < -0.39 is 23.2 Å². The highest BCUT2D eigenvalue weighted by Crippen LogP contribution is 2.24. The highest BCUT2D eigenvalue weighted by Gasteiger charge is 2.29. The van der Waals surface area contributed by atoms with Crippen LogP contribution in [0.15, 0.2) is 60.7 Å². The SMILES string of the molecule is CC(C)CC(NC(=O)C(CSC(=O)c1ccccc1)SC(=O)c1ccccc1)C(=O)O. The molecule has 164 valence electrons. The van der Waals surface area contributed by atoms with Crippen LogP contribution in [0.25, 0.3) is 0 Å². The maximum absolute atomic E-state index is 12.9. The van der Waals surface area contributed by atoms with E-state index in [2.05, 4.69) is 5.32 Å². The van der Waals surface area contributed by atoms with Crippen LogP contribution in [0.4, 0.5) is 0 Å². The van der Waals surface area contributed by atoms with Gasteiger partial charge in [0, 0.05) is 16.9 Å². The Morgan fingerprint density at radius 3 is 1.87 bits per heavy atom. The zero-order chi connectivity index (χ0) is 22.8. The molecule has 0 saturated carbocycles. The first-order chi connectivity index (χ1) is 14.8. The topological polar surface area (TPSA) is 101 Å². The maximum Gasteiger partial charge on any atom is 0.326 e. The smallest absolute Gasteiger partial charge is 0.326 e. The van der Waals surface area contributed by atoms with Crippen LogP contribution in [0, 0.1) is 5.92 Å². The van der Waals surface area contributed by atoms with E-state index >= 15 is 0 Å². The summed E-state index contributed by atoms with van der Waals surface area (Å²) in [6.07, 6.45) is 0.265. The van der Waals surface area contributed by atoms with Crippen LogP contribution in [0.5, 0.6) is 0 Å². The van der Waals surface area contributed by atoms with Crippen molar-refractivity contribution < 1.29 is 24.3 Å². The van der Waals surface area contributed by atoms with Crippen molar-refractivity contribution in [3.8, 4) is 0 Å². The fraction of sp³-hybridized carbons (Fsp3) is 0.304. The summed E-state index contributed by atoms with van der Waals surface area (Å²) < 4.78 is 0. The minimum absolute atomic E-state index is 0.0385. The van der Waals surface area contributed by atoms with Gasteiger partial charge in [-0.05, 0) is 12.3 Å². The summed E-state index contributed by atoms with van der Waals surface area (Å²) in [4.78, 5) is 49.5. The minimum atomic E-state index is -1.13. The molecule has 0 aliphatic heterocycles. The molecular weight excluding hydrogens is 434 g/mol. The van der Waals surface area contributed by atoms with Gasteiger partial charge in [-0.15, -0.1) is 0 Å². The van der Waals surface area contributed by atoms with E-state index in [1.54, 1.807) is 60.7 Å². The normalized spacial score (nSPS) is 12.7. The van der Waals surface area contributed by atoms with Crippen molar-refractivity contribution in [2.75, 3.05) is 5.75 Å². The lowest BCUT2D eigenvalue weighted by molar-refractivity contribution is -0.142. The molecule has 0 aliphatic carbocycles. The third-order valence-electron chi connectivity index (χ3n) is 4.25. The molecule has 0 aromatic heterocycles.